The number of nitrogens with zero attached hydrogens (tertiary/aromatic N) is 4. The molecule has 0 bridgehead atoms. The SMILES string of the molecule is COc1ccc2c(c1)C1CC1(C(=O)N1CC3CCCN3CC1c1ccccc1)Cn1c-2c(C2CCCCC2)c2ccc(C(=O)NS(=O)(=O)N(C)C)cc21. The fourth-order valence-corrected chi connectivity index (χ4v) is 10.7. The number of hydrogen-bond donors (Lipinski definition) is 1. The van der Waals surface area contributed by atoms with Crippen molar-refractivity contribution in [2.75, 3.05) is 40.8 Å². The highest BCUT2D eigenvalue weighted by atomic mass is 32.2. The van der Waals surface area contributed by atoms with Crippen molar-refractivity contribution >= 4 is 32.9 Å². The molecule has 3 aromatic carbocycles. The first-order chi connectivity index (χ1) is 25.6. The Kier molecular flexibility index (Phi) is 8.47. The van der Waals surface area contributed by atoms with E-state index >= 15 is 4.79 Å². The Bertz CT molecular complexity index is 2210. The van der Waals surface area contributed by atoms with Gasteiger partial charge < -0.3 is 14.2 Å². The van der Waals surface area contributed by atoms with Gasteiger partial charge in [0, 0.05) is 67.7 Å². The third-order valence-electron chi connectivity index (χ3n) is 13.0. The van der Waals surface area contributed by atoms with E-state index < -0.39 is 21.5 Å². The number of hydrogen-bond acceptors (Lipinski definition) is 6. The summed E-state index contributed by atoms with van der Waals surface area (Å²) in [5.41, 5.74) is 6.33. The molecule has 2 saturated carbocycles. The van der Waals surface area contributed by atoms with E-state index in [9.17, 15) is 13.2 Å². The molecule has 2 amide bonds. The molecule has 0 spiro atoms. The van der Waals surface area contributed by atoms with Crippen LogP contribution in [0.3, 0.4) is 0 Å². The summed E-state index contributed by atoms with van der Waals surface area (Å²) in [7, 11) is 0.498. The third-order valence-corrected chi connectivity index (χ3v) is 14.5. The molecule has 53 heavy (non-hydrogen) atoms. The number of ether oxygens (including phenoxy) is 1. The van der Waals surface area contributed by atoms with Crippen molar-refractivity contribution in [3.05, 3.63) is 89.0 Å². The maximum absolute atomic E-state index is 15.6. The third kappa shape index (κ3) is 5.69. The van der Waals surface area contributed by atoms with Crippen molar-refractivity contribution in [3.8, 4) is 17.0 Å². The molecule has 2 aliphatic carbocycles. The fourth-order valence-electron chi connectivity index (χ4n) is 10.2. The Morgan fingerprint density at radius 2 is 1.72 bits per heavy atom. The molecule has 5 aliphatic rings. The highest BCUT2D eigenvalue weighted by Crippen LogP contribution is 2.66. The van der Waals surface area contributed by atoms with Crippen LogP contribution in [0.1, 0.15) is 96.3 Å². The van der Waals surface area contributed by atoms with Gasteiger partial charge in [0.15, 0.2) is 0 Å². The lowest BCUT2D eigenvalue weighted by Crippen LogP contribution is -2.55. The van der Waals surface area contributed by atoms with E-state index in [1.165, 1.54) is 31.6 Å². The van der Waals surface area contributed by atoms with Gasteiger partial charge in [0.25, 0.3) is 5.91 Å². The molecule has 1 aromatic heterocycles. The van der Waals surface area contributed by atoms with E-state index in [1.807, 2.05) is 24.3 Å². The zero-order chi connectivity index (χ0) is 36.6. The fraction of sp³-hybridized carbons (Fsp3) is 0.476. The van der Waals surface area contributed by atoms with Crippen LogP contribution in [0.5, 0.6) is 5.75 Å². The topological polar surface area (TPSA) is 104 Å². The van der Waals surface area contributed by atoms with Crippen LogP contribution < -0.4 is 9.46 Å². The number of amides is 2. The first-order valence-electron chi connectivity index (χ1n) is 19.3. The van der Waals surface area contributed by atoms with Gasteiger partial charge >= 0.3 is 10.2 Å². The minimum Gasteiger partial charge on any atom is -0.497 e. The largest absolute Gasteiger partial charge is 0.497 e. The second-order valence-electron chi connectivity index (χ2n) is 16.2. The van der Waals surface area contributed by atoms with Crippen LogP contribution in [0, 0.1) is 5.41 Å². The Morgan fingerprint density at radius 1 is 0.925 bits per heavy atom. The molecular formula is C42H49N5O5S. The molecule has 4 heterocycles. The molecular weight excluding hydrogens is 687 g/mol. The standard InChI is InChI=1S/C42H49N5O5S/c1-44(2)53(50,51)43-40(48)29-16-18-33-36(21-29)47-26-42(41(49)46-24-30-15-10-20-45(30)25-37(46)27-11-6-4-7-12-27)23-35(42)34-22-31(52-3)17-19-32(34)39(47)38(33)28-13-8-5-9-14-28/h4,6-7,11-12,16-19,21-22,28,30,35,37H,5,8-10,13-15,20,23-26H2,1-3H3,(H,43,48). The zero-order valence-corrected chi connectivity index (χ0v) is 31.7. The monoisotopic (exact) mass is 735 g/mol. The predicted octanol–water partition coefficient (Wildman–Crippen LogP) is 6.44. The molecule has 9 rings (SSSR count). The van der Waals surface area contributed by atoms with E-state index in [0.717, 1.165) is 102 Å². The summed E-state index contributed by atoms with van der Waals surface area (Å²) in [5, 5.41) is 1.07. The molecule has 278 valence electrons. The van der Waals surface area contributed by atoms with Crippen LogP contribution in [-0.2, 0) is 21.5 Å². The van der Waals surface area contributed by atoms with Crippen molar-refractivity contribution in [2.45, 2.75) is 81.8 Å². The second kappa shape index (κ2) is 13.0. The first-order valence-corrected chi connectivity index (χ1v) is 20.7. The number of fused-ring (bicyclic) bond motifs is 8. The van der Waals surface area contributed by atoms with Crippen LogP contribution in [0.2, 0.25) is 0 Å². The van der Waals surface area contributed by atoms with E-state index in [2.05, 4.69) is 55.5 Å². The van der Waals surface area contributed by atoms with Crippen LogP contribution in [0.25, 0.3) is 22.2 Å². The molecule has 2 saturated heterocycles. The highest BCUT2D eigenvalue weighted by Gasteiger charge is 2.65. The van der Waals surface area contributed by atoms with E-state index in [0.29, 0.717) is 18.5 Å². The maximum Gasteiger partial charge on any atom is 0.303 e. The zero-order valence-electron chi connectivity index (χ0n) is 30.9. The average Bonchev–Trinajstić information content (AvgIpc) is 3.60. The summed E-state index contributed by atoms with van der Waals surface area (Å²) in [5.74, 6) is 0.665. The molecule has 3 aliphatic heterocycles. The average molecular weight is 736 g/mol. The summed E-state index contributed by atoms with van der Waals surface area (Å²) in [6, 6.07) is 22.8. The quantitative estimate of drug-likeness (QED) is 0.235. The molecule has 4 aromatic rings. The summed E-state index contributed by atoms with van der Waals surface area (Å²) < 4.78 is 36.8. The van der Waals surface area contributed by atoms with Crippen molar-refractivity contribution in [1.82, 2.24) is 23.4 Å². The number of piperazine rings is 1. The Labute approximate surface area is 312 Å². The summed E-state index contributed by atoms with van der Waals surface area (Å²) in [6.45, 7) is 3.11. The van der Waals surface area contributed by atoms with E-state index in [-0.39, 0.29) is 23.4 Å². The Hall–Kier alpha value is -4.19. The maximum atomic E-state index is 15.6. The molecule has 4 unspecified atom stereocenters. The lowest BCUT2D eigenvalue weighted by Gasteiger charge is -2.45. The van der Waals surface area contributed by atoms with Crippen LogP contribution in [-0.4, -0.2) is 85.8 Å². The van der Waals surface area contributed by atoms with Crippen LogP contribution in [0.4, 0.5) is 0 Å². The number of carbonyl (C=O) groups excluding carboxylic acids is 2. The number of benzene rings is 3. The smallest absolute Gasteiger partial charge is 0.303 e. The molecule has 1 N–H and O–H groups in total. The second-order valence-corrected chi connectivity index (χ2v) is 18.1. The summed E-state index contributed by atoms with van der Waals surface area (Å²) in [6.07, 6.45) is 8.70. The number of aromatic nitrogens is 1. The van der Waals surface area contributed by atoms with Gasteiger partial charge in [-0.25, -0.2) is 4.72 Å². The van der Waals surface area contributed by atoms with Crippen molar-refractivity contribution in [2.24, 2.45) is 5.41 Å². The lowest BCUT2D eigenvalue weighted by atomic mass is 9.81. The molecule has 4 fully saturated rings. The summed E-state index contributed by atoms with van der Waals surface area (Å²) >= 11 is 0. The van der Waals surface area contributed by atoms with Gasteiger partial charge in [-0.05, 0) is 91.6 Å². The Balaban J connectivity index is 1.22. The minimum absolute atomic E-state index is 0.0176. The van der Waals surface area contributed by atoms with Gasteiger partial charge in [0.2, 0.25) is 5.91 Å². The summed E-state index contributed by atoms with van der Waals surface area (Å²) in [4.78, 5) is 33.9. The normalized spacial score (nSPS) is 25.7. The van der Waals surface area contributed by atoms with Gasteiger partial charge in [-0.3, -0.25) is 14.5 Å². The van der Waals surface area contributed by atoms with Crippen molar-refractivity contribution < 1.29 is 22.7 Å². The lowest BCUT2D eigenvalue weighted by molar-refractivity contribution is -0.144. The van der Waals surface area contributed by atoms with Gasteiger partial charge in [-0.2, -0.15) is 12.7 Å². The van der Waals surface area contributed by atoms with Crippen molar-refractivity contribution in [3.63, 3.8) is 0 Å². The van der Waals surface area contributed by atoms with Gasteiger partial charge in [0.1, 0.15) is 5.75 Å². The molecule has 0 radical (unpaired) electrons. The van der Waals surface area contributed by atoms with E-state index in [1.54, 1.807) is 13.2 Å². The molecule has 11 heteroatoms. The minimum atomic E-state index is -3.99. The molecule has 10 nitrogen and oxygen atoms in total. The van der Waals surface area contributed by atoms with Crippen LogP contribution in [0.15, 0.2) is 66.7 Å². The van der Waals surface area contributed by atoms with Crippen molar-refractivity contribution in [1.29, 1.82) is 0 Å². The molecule has 4 atom stereocenters. The van der Waals surface area contributed by atoms with Crippen LogP contribution >= 0.6 is 0 Å². The van der Waals surface area contributed by atoms with E-state index in [4.69, 9.17) is 4.74 Å². The van der Waals surface area contributed by atoms with Gasteiger partial charge in [-0.15, -0.1) is 0 Å². The Morgan fingerprint density at radius 3 is 2.47 bits per heavy atom. The number of carbonyl (C=O) groups is 2. The highest BCUT2D eigenvalue weighted by molar-refractivity contribution is 7.87. The number of rotatable bonds is 7. The number of methoxy groups -OCH3 is 1. The predicted molar refractivity (Wildman–Crippen MR) is 205 cm³/mol. The van der Waals surface area contributed by atoms with Gasteiger partial charge in [0.05, 0.1) is 24.3 Å². The number of nitrogens with one attached hydrogen (secondary N) is 1. The first kappa shape index (κ1) is 34.6. The van der Waals surface area contributed by atoms with Gasteiger partial charge in [-0.1, -0.05) is 55.7 Å².